The van der Waals surface area contributed by atoms with Gasteiger partial charge in [-0.1, -0.05) is 26.5 Å². The Hall–Kier alpha value is -1.51. The highest BCUT2D eigenvalue weighted by molar-refractivity contribution is 5.55. The van der Waals surface area contributed by atoms with Gasteiger partial charge in [-0.05, 0) is 30.5 Å². The standard InChI is InChI=1S/C14H19FO2/c1-4-7-16-13-10-11(6-3)9-12(15)14(13)17-8-5-2/h6,9-10H,3-5,7-8H2,1-2H3. The van der Waals surface area contributed by atoms with Crippen LogP contribution in [0.25, 0.3) is 6.08 Å². The largest absolute Gasteiger partial charge is 0.490 e. The van der Waals surface area contributed by atoms with E-state index >= 15 is 0 Å². The predicted octanol–water partition coefficient (Wildman–Crippen LogP) is 4.05. The van der Waals surface area contributed by atoms with E-state index in [4.69, 9.17) is 9.47 Å². The average Bonchev–Trinajstić information content (AvgIpc) is 2.34. The Labute approximate surface area is 102 Å². The zero-order chi connectivity index (χ0) is 12.7. The van der Waals surface area contributed by atoms with Gasteiger partial charge < -0.3 is 9.47 Å². The molecule has 1 aromatic carbocycles. The molecule has 3 heteroatoms. The smallest absolute Gasteiger partial charge is 0.197 e. The number of ether oxygens (including phenoxy) is 2. The van der Waals surface area contributed by atoms with Crippen LogP contribution in [0, 0.1) is 5.82 Å². The van der Waals surface area contributed by atoms with Gasteiger partial charge in [-0.15, -0.1) is 0 Å². The molecule has 0 N–H and O–H groups in total. The Morgan fingerprint density at radius 1 is 1.18 bits per heavy atom. The van der Waals surface area contributed by atoms with Crippen molar-refractivity contribution in [2.24, 2.45) is 0 Å². The Kier molecular flexibility index (Phi) is 5.53. The predicted molar refractivity (Wildman–Crippen MR) is 68.1 cm³/mol. The molecule has 0 saturated carbocycles. The molecule has 2 nitrogen and oxygen atoms in total. The first-order valence-electron chi connectivity index (χ1n) is 5.94. The first-order chi connectivity index (χ1) is 8.22. The van der Waals surface area contributed by atoms with E-state index in [0.717, 1.165) is 12.8 Å². The van der Waals surface area contributed by atoms with Gasteiger partial charge in [-0.3, -0.25) is 0 Å². The quantitative estimate of drug-likeness (QED) is 0.713. The third-order valence-electron chi connectivity index (χ3n) is 2.18. The second-order valence-corrected chi connectivity index (χ2v) is 3.73. The minimum atomic E-state index is -0.401. The van der Waals surface area contributed by atoms with Crippen LogP contribution in [0.3, 0.4) is 0 Å². The molecule has 94 valence electrons. The number of rotatable bonds is 7. The SMILES string of the molecule is C=Cc1cc(F)c(OCCC)c(OCCC)c1. The molecule has 0 atom stereocenters. The summed E-state index contributed by atoms with van der Waals surface area (Å²) in [5.74, 6) is 0.253. The molecule has 0 saturated heterocycles. The first kappa shape index (κ1) is 13.6. The number of benzene rings is 1. The molecule has 0 aliphatic rings. The van der Waals surface area contributed by atoms with Gasteiger partial charge >= 0.3 is 0 Å². The van der Waals surface area contributed by atoms with Crippen molar-refractivity contribution < 1.29 is 13.9 Å². The highest BCUT2D eigenvalue weighted by Crippen LogP contribution is 2.32. The van der Waals surface area contributed by atoms with Crippen LogP contribution in [0.4, 0.5) is 4.39 Å². The summed E-state index contributed by atoms with van der Waals surface area (Å²) >= 11 is 0. The van der Waals surface area contributed by atoms with Crippen molar-refractivity contribution >= 4 is 6.08 Å². The van der Waals surface area contributed by atoms with Crippen LogP contribution < -0.4 is 9.47 Å². The second-order valence-electron chi connectivity index (χ2n) is 3.73. The molecule has 0 unspecified atom stereocenters. The van der Waals surface area contributed by atoms with Crippen molar-refractivity contribution in [3.8, 4) is 11.5 Å². The summed E-state index contributed by atoms with van der Waals surface area (Å²) in [6.07, 6.45) is 3.29. The zero-order valence-electron chi connectivity index (χ0n) is 10.5. The maximum atomic E-state index is 13.8. The minimum absolute atomic E-state index is 0.200. The summed E-state index contributed by atoms with van der Waals surface area (Å²) in [7, 11) is 0. The molecule has 1 rings (SSSR count). The molecule has 0 aliphatic carbocycles. The van der Waals surface area contributed by atoms with Crippen molar-refractivity contribution in [3.05, 3.63) is 30.1 Å². The van der Waals surface area contributed by atoms with Gasteiger partial charge in [0, 0.05) is 0 Å². The van der Waals surface area contributed by atoms with Crippen molar-refractivity contribution in [2.75, 3.05) is 13.2 Å². The molecular formula is C14H19FO2. The maximum Gasteiger partial charge on any atom is 0.197 e. The molecule has 1 aromatic rings. The molecule has 0 radical (unpaired) electrons. The van der Waals surface area contributed by atoms with E-state index in [9.17, 15) is 4.39 Å². The van der Waals surface area contributed by atoms with Gasteiger partial charge in [0.25, 0.3) is 0 Å². The molecule has 0 aliphatic heterocycles. The van der Waals surface area contributed by atoms with Crippen LogP contribution in [0.1, 0.15) is 32.3 Å². The maximum absolute atomic E-state index is 13.8. The minimum Gasteiger partial charge on any atom is -0.490 e. The summed E-state index contributed by atoms with van der Waals surface area (Å²) in [6.45, 7) is 8.62. The Bertz CT molecular complexity index is 375. The van der Waals surface area contributed by atoms with Crippen LogP contribution in [0.5, 0.6) is 11.5 Å². The lowest BCUT2D eigenvalue weighted by molar-refractivity contribution is 0.257. The zero-order valence-corrected chi connectivity index (χ0v) is 10.5. The average molecular weight is 238 g/mol. The fourth-order valence-corrected chi connectivity index (χ4v) is 1.37. The van der Waals surface area contributed by atoms with Gasteiger partial charge in [0.15, 0.2) is 17.3 Å². The fraction of sp³-hybridized carbons (Fsp3) is 0.429. The van der Waals surface area contributed by atoms with Crippen LogP contribution >= 0.6 is 0 Å². The lowest BCUT2D eigenvalue weighted by atomic mass is 10.2. The van der Waals surface area contributed by atoms with Crippen LogP contribution in [0.15, 0.2) is 18.7 Å². The van der Waals surface area contributed by atoms with Gasteiger partial charge in [0.1, 0.15) is 0 Å². The van der Waals surface area contributed by atoms with Gasteiger partial charge in [0.05, 0.1) is 13.2 Å². The fourth-order valence-electron chi connectivity index (χ4n) is 1.37. The summed E-state index contributed by atoms with van der Waals surface area (Å²) in [4.78, 5) is 0. The van der Waals surface area contributed by atoms with E-state index in [-0.39, 0.29) is 5.75 Å². The van der Waals surface area contributed by atoms with Crippen LogP contribution in [-0.4, -0.2) is 13.2 Å². The second kappa shape index (κ2) is 6.94. The van der Waals surface area contributed by atoms with E-state index in [1.807, 2.05) is 13.8 Å². The van der Waals surface area contributed by atoms with Gasteiger partial charge in [0.2, 0.25) is 0 Å². The summed E-state index contributed by atoms with van der Waals surface area (Å²) in [5.41, 5.74) is 0.692. The molecule has 17 heavy (non-hydrogen) atoms. The molecule has 0 fully saturated rings. The van der Waals surface area contributed by atoms with Crippen molar-refractivity contribution in [1.82, 2.24) is 0 Å². The molecular weight excluding hydrogens is 219 g/mol. The van der Waals surface area contributed by atoms with E-state index in [1.54, 1.807) is 12.1 Å². The summed E-state index contributed by atoms with van der Waals surface area (Å²) in [5, 5.41) is 0. The summed E-state index contributed by atoms with van der Waals surface area (Å²) in [6, 6.07) is 3.15. The topological polar surface area (TPSA) is 18.5 Å². The third kappa shape index (κ3) is 3.77. The summed E-state index contributed by atoms with van der Waals surface area (Å²) < 4.78 is 24.7. The molecule has 0 amide bonds. The van der Waals surface area contributed by atoms with E-state index in [2.05, 4.69) is 6.58 Å². The molecule has 0 bridgehead atoms. The Morgan fingerprint density at radius 3 is 2.41 bits per heavy atom. The van der Waals surface area contributed by atoms with Crippen molar-refractivity contribution in [1.29, 1.82) is 0 Å². The Morgan fingerprint density at radius 2 is 1.82 bits per heavy atom. The third-order valence-corrected chi connectivity index (χ3v) is 2.18. The monoisotopic (exact) mass is 238 g/mol. The number of halogens is 1. The molecule has 0 aromatic heterocycles. The highest BCUT2D eigenvalue weighted by atomic mass is 19.1. The lowest BCUT2D eigenvalue weighted by Gasteiger charge is -2.13. The van der Waals surface area contributed by atoms with Crippen molar-refractivity contribution in [2.45, 2.75) is 26.7 Å². The molecule has 0 heterocycles. The van der Waals surface area contributed by atoms with E-state index in [1.165, 1.54) is 6.07 Å². The normalized spacial score (nSPS) is 10.1. The van der Waals surface area contributed by atoms with Crippen LogP contribution in [0.2, 0.25) is 0 Å². The van der Waals surface area contributed by atoms with E-state index < -0.39 is 5.82 Å². The van der Waals surface area contributed by atoms with Crippen LogP contribution in [-0.2, 0) is 0 Å². The van der Waals surface area contributed by atoms with E-state index in [0.29, 0.717) is 24.5 Å². The lowest BCUT2D eigenvalue weighted by Crippen LogP contribution is -2.03. The highest BCUT2D eigenvalue weighted by Gasteiger charge is 2.12. The number of hydrogen-bond acceptors (Lipinski definition) is 2. The van der Waals surface area contributed by atoms with Gasteiger partial charge in [-0.2, -0.15) is 0 Å². The first-order valence-corrected chi connectivity index (χ1v) is 5.94. The molecule has 0 spiro atoms. The number of hydrogen-bond donors (Lipinski definition) is 0. The Balaban J connectivity index is 3.00. The van der Waals surface area contributed by atoms with Crippen molar-refractivity contribution in [3.63, 3.8) is 0 Å². The van der Waals surface area contributed by atoms with Gasteiger partial charge in [-0.25, -0.2) is 4.39 Å².